The van der Waals surface area contributed by atoms with Crippen molar-refractivity contribution in [2.75, 3.05) is 13.6 Å². The van der Waals surface area contributed by atoms with Crippen molar-refractivity contribution < 1.29 is 9.53 Å². The molecule has 0 spiro atoms. The molecule has 1 amide bonds. The van der Waals surface area contributed by atoms with Crippen LogP contribution >= 0.6 is 27.5 Å². The molecule has 4 nitrogen and oxygen atoms in total. The van der Waals surface area contributed by atoms with Crippen molar-refractivity contribution in [2.24, 2.45) is 0 Å². The third-order valence-corrected chi connectivity index (χ3v) is 4.21. The van der Waals surface area contributed by atoms with Gasteiger partial charge in [-0.3, -0.25) is 9.78 Å². The van der Waals surface area contributed by atoms with Gasteiger partial charge >= 0.3 is 0 Å². The maximum Gasteiger partial charge on any atom is 0.263 e. The van der Waals surface area contributed by atoms with Crippen LogP contribution in [0.5, 0.6) is 5.75 Å². The van der Waals surface area contributed by atoms with E-state index in [2.05, 4.69) is 20.9 Å². The fourth-order valence-electron chi connectivity index (χ4n) is 2.06. The van der Waals surface area contributed by atoms with Crippen LogP contribution in [0.15, 0.2) is 47.1 Å². The molecule has 0 aliphatic carbocycles. The molecule has 6 heteroatoms. The Balaban J connectivity index is 1.90. The average molecular weight is 398 g/mol. The van der Waals surface area contributed by atoms with Gasteiger partial charge in [0.15, 0.2) is 6.10 Å². The normalized spacial score (nSPS) is 11.8. The first kappa shape index (κ1) is 17.8. The lowest BCUT2D eigenvalue weighted by Gasteiger charge is -2.22. The van der Waals surface area contributed by atoms with E-state index in [1.807, 2.05) is 18.2 Å². The van der Waals surface area contributed by atoms with Crippen LogP contribution < -0.4 is 4.74 Å². The predicted octanol–water partition coefficient (Wildman–Crippen LogP) is 3.97. The standard InChI is InChI=1S/C17H18BrClN2O2/c1-12(23-16-7-6-13(19)11-15(16)18)17(22)21(2)10-8-14-5-3-4-9-20-14/h3-7,9,11-12H,8,10H2,1-2H3. The average Bonchev–Trinajstić information content (AvgIpc) is 2.55. The highest BCUT2D eigenvalue weighted by molar-refractivity contribution is 9.10. The molecule has 122 valence electrons. The summed E-state index contributed by atoms with van der Waals surface area (Å²) in [5.41, 5.74) is 0.959. The first-order valence-corrected chi connectivity index (χ1v) is 8.41. The molecule has 0 saturated heterocycles. The third kappa shape index (κ3) is 5.22. The molecule has 1 unspecified atom stereocenters. The van der Waals surface area contributed by atoms with Crippen LogP contribution in [0, 0.1) is 0 Å². The molecule has 1 aromatic heterocycles. The highest BCUT2D eigenvalue weighted by atomic mass is 79.9. The SMILES string of the molecule is CC(Oc1ccc(Cl)cc1Br)C(=O)N(C)CCc1ccccn1. The smallest absolute Gasteiger partial charge is 0.263 e. The number of amides is 1. The number of rotatable bonds is 6. The number of carbonyl (C=O) groups excluding carboxylic acids is 1. The van der Waals surface area contributed by atoms with Crippen LogP contribution in [0.25, 0.3) is 0 Å². The quantitative estimate of drug-likeness (QED) is 0.741. The fraction of sp³-hybridized carbons (Fsp3) is 0.294. The number of aromatic nitrogens is 1. The van der Waals surface area contributed by atoms with Gasteiger partial charge in [-0.1, -0.05) is 17.7 Å². The first-order chi connectivity index (χ1) is 11.0. The van der Waals surface area contributed by atoms with E-state index >= 15 is 0 Å². The van der Waals surface area contributed by atoms with E-state index in [0.717, 1.165) is 10.2 Å². The number of benzene rings is 1. The maximum atomic E-state index is 12.4. The largest absolute Gasteiger partial charge is 0.480 e. The number of pyridine rings is 1. The van der Waals surface area contributed by atoms with Crippen molar-refractivity contribution in [1.29, 1.82) is 0 Å². The second-order valence-corrected chi connectivity index (χ2v) is 6.46. The Morgan fingerprint density at radius 2 is 2.17 bits per heavy atom. The fourth-order valence-corrected chi connectivity index (χ4v) is 2.84. The van der Waals surface area contributed by atoms with Gasteiger partial charge < -0.3 is 9.64 Å². The Morgan fingerprint density at radius 3 is 2.83 bits per heavy atom. The van der Waals surface area contributed by atoms with Crippen molar-refractivity contribution >= 4 is 33.4 Å². The molecule has 0 bridgehead atoms. The van der Waals surface area contributed by atoms with E-state index in [0.29, 0.717) is 23.7 Å². The Labute approximate surface area is 149 Å². The molecule has 2 rings (SSSR count). The maximum absolute atomic E-state index is 12.4. The zero-order valence-corrected chi connectivity index (χ0v) is 15.3. The summed E-state index contributed by atoms with van der Waals surface area (Å²) in [6.07, 6.45) is 1.88. The van der Waals surface area contributed by atoms with Gasteiger partial charge in [-0.05, 0) is 53.2 Å². The lowest BCUT2D eigenvalue weighted by Crippen LogP contribution is -2.39. The number of halogens is 2. The summed E-state index contributed by atoms with van der Waals surface area (Å²) in [6.45, 7) is 2.33. The lowest BCUT2D eigenvalue weighted by molar-refractivity contribution is -0.136. The Hall–Kier alpha value is -1.59. The van der Waals surface area contributed by atoms with Gasteiger partial charge in [-0.2, -0.15) is 0 Å². The highest BCUT2D eigenvalue weighted by Gasteiger charge is 2.20. The second-order valence-electron chi connectivity index (χ2n) is 5.17. The van der Waals surface area contributed by atoms with Gasteiger partial charge in [-0.15, -0.1) is 0 Å². The Morgan fingerprint density at radius 1 is 1.39 bits per heavy atom. The topological polar surface area (TPSA) is 42.4 Å². The van der Waals surface area contributed by atoms with Crippen LogP contribution in [0.2, 0.25) is 5.02 Å². The van der Waals surface area contributed by atoms with Gasteiger partial charge in [0.25, 0.3) is 5.91 Å². The van der Waals surface area contributed by atoms with E-state index in [9.17, 15) is 4.79 Å². The van der Waals surface area contributed by atoms with Gasteiger partial charge in [-0.25, -0.2) is 0 Å². The van der Waals surface area contributed by atoms with Crippen LogP contribution in [0.1, 0.15) is 12.6 Å². The van der Waals surface area contributed by atoms with Crippen molar-refractivity contribution in [3.8, 4) is 5.75 Å². The Kier molecular flexibility index (Phi) is 6.42. The zero-order valence-electron chi connectivity index (χ0n) is 13.0. The van der Waals surface area contributed by atoms with Crippen LogP contribution in [0.4, 0.5) is 0 Å². The molecule has 1 heterocycles. The van der Waals surface area contributed by atoms with Crippen LogP contribution in [-0.2, 0) is 11.2 Å². The number of likely N-dealkylation sites (N-methyl/N-ethyl adjacent to an activating group) is 1. The number of nitrogens with zero attached hydrogens (tertiary/aromatic N) is 2. The van der Waals surface area contributed by atoms with Gasteiger partial charge in [0, 0.05) is 36.9 Å². The molecular formula is C17H18BrClN2O2. The summed E-state index contributed by atoms with van der Waals surface area (Å²) in [7, 11) is 1.77. The molecule has 2 aromatic rings. The van der Waals surface area contributed by atoms with Crippen molar-refractivity contribution in [2.45, 2.75) is 19.4 Å². The number of hydrogen-bond donors (Lipinski definition) is 0. The third-order valence-electron chi connectivity index (χ3n) is 3.35. The summed E-state index contributed by atoms with van der Waals surface area (Å²) in [6, 6.07) is 11.0. The van der Waals surface area contributed by atoms with Crippen molar-refractivity contribution in [3.05, 3.63) is 57.8 Å². The minimum Gasteiger partial charge on any atom is -0.480 e. The zero-order chi connectivity index (χ0) is 16.8. The van der Waals surface area contributed by atoms with Gasteiger partial charge in [0.1, 0.15) is 5.75 Å². The molecule has 1 atom stereocenters. The van der Waals surface area contributed by atoms with Gasteiger partial charge in [0.05, 0.1) is 4.47 Å². The number of ether oxygens (including phenoxy) is 1. The second kappa shape index (κ2) is 8.31. The number of carbonyl (C=O) groups is 1. The minimum atomic E-state index is -0.582. The minimum absolute atomic E-state index is 0.0808. The van der Waals surface area contributed by atoms with Crippen molar-refractivity contribution in [3.63, 3.8) is 0 Å². The van der Waals surface area contributed by atoms with Gasteiger partial charge in [0.2, 0.25) is 0 Å². The molecule has 0 aliphatic heterocycles. The van der Waals surface area contributed by atoms with E-state index in [1.54, 1.807) is 43.3 Å². The molecule has 23 heavy (non-hydrogen) atoms. The molecule has 1 aromatic carbocycles. The molecule has 0 N–H and O–H groups in total. The van der Waals surface area contributed by atoms with E-state index in [1.165, 1.54) is 0 Å². The first-order valence-electron chi connectivity index (χ1n) is 7.24. The predicted molar refractivity (Wildman–Crippen MR) is 94.8 cm³/mol. The summed E-state index contributed by atoms with van der Waals surface area (Å²) in [5.74, 6) is 0.510. The summed E-state index contributed by atoms with van der Waals surface area (Å²) in [5, 5.41) is 0.607. The lowest BCUT2D eigenvalue weighted by atomic mass is 10.2. The molecule has 0 fully saturated rings. The molecular weight excluding hydrogens is 380 g/mol. The molecule has 0 radical (unpaired) electrons. The molecule has 0 saturated carbocycles. The summed E-state index contributed by atoms with van der Waals surface area (Å²) in [4.78, 5) is 18.3. The van der Waals surface area contributed by atoms with Crippen LogP contribution in [0.3, 0.4) is 0 Å². The molecule has 0 aliphatic rings. The van der Waals surface area contributed by atoms with Crippen LogP contribution in [-0.4, -0.2) is 35.5 Å². The summed E-state index contributed by atoms with van der Waals surface area (Å²) < 4.78 is 6.45. The Bertz CT molecular complexity index is 667. The number of hydrogen-bond acceptors (Lipinski definition) is 3. The van der Waals surface area contributed by atoms with E-state index < -0.39 is 6.10 Å². The monoisotopic (exact) mass is 396 g/mol. The van der Waals surface area contributed by atoms with E-state index in [-0.39, 0.29) is 5.91 Å². The summed E-state index contributed by atoms with van der Waals surface area (Å²) >= 11 is 9.28. The van der Waals surface area contributed by atoms with Crippen molar-refractivity contribution in [1.82, 2.24) is 9.88 Å². The highest BCUT2D eigenvalue weighted by Crippen LogP contribution is 2.28. The van der Waals surface area contributed by atoms with E-state index in [4.69, 9.17) is 16.3 Å².